The van der Waals surface area contributed by atoms with Crippen LogP contribution in [0.25, 0.3) is 0 Å². The summed E-state index contributed by atoms with van der Waals surface area (Å²) in [5.74, 6) is 1.80. The van der Waals surface area contributed by atoms with Crippen LogP contribution in [0.2, 0.25) is 0 Å². The van der Waals surface area contributed by atoms with E-state index in [1.54, 1.807) is 19.1 Å². The SMILES string of the molecule is Cc1cc(Nc2cc(C(=O)Nc3ccc(C(C)C)cc3)ncn2)no1. The quantitative estimate of drug-likeness (QED) is 0.733. The summed E-state index contributed by atoms with van der Waals surface area (Å²) in [5, 5.41) is 9.62. The molecule has 3 rings (SSSR count). The summed E-state index contributed by atoms with van der Waals surface area (Å²) in [6, 6.07) is 11.1. The number of rotatable bonds is 5. The van der Waals surface area contributed by atoms with Gasteiger partial charge in [-0.25, -0.2) is 9.97 Å². The van der Waals surface area contributed by atoms with E-state index in [1.807, 2.05) is 24.3 Å². The van der Waals surface area contributed by atoms with E-state index in [0.29, 0.717) is 23.3 Å². The second kappa shape index (κ2) is 7.12. The number of hydrogen-bond acceptors (Lipinski definition) is 6. The van der Waals surface area contributed by atoms with Gasteiger partial charge in [-0.05, 0) is 30.5 Å². The zero-order chi connectivity index (χ0) is 17.8. The monoisotopic (exact) mass is 337 g/mol. The van der Waals surface area contributed by atoms with E-state index in [9.17, 15) is 4.79 Å². The van der Waals surface area contributed by atoms with Crippen LogP contribution in [0.5, 0.6) is 0 Å². The topological polar surface area (TPSA) is 92.9 Å². The molecule has 0 bridgehead atoms. The first-order valence-electron chi connectivity index (χ1n) is 7.95. The maximum atomic E-state index is 12.4. The van der Waals surface area contributed by atoms with E-state index >= 15 is 0 Å². The Kier molecular flexibility index (Phi) is 4.74. The molecule has 2 aromatic heterocycles. The highest BCUT2D eigenvalue weighted by Crippen LogP contribution is 2.18. The van der Waals surface area contributed by atoms with E-state index in [0.717, 1.165) is 5.69 Å². The summed E-state index contributed by atoms with van der Waals surface area (Å²) in [6.45, 7) is 6.04. The Morgan fingerprint density at radius 3 is 2.48 bits per heavy atom. The van der Waals surface area contributed by atoms with Crippen LogP contribution in [0.3, 0.4) is 0 Å². The highest BCUT2D eigenvalue weighted by atomic mass is 16.5. The minimum atomic E-state index is -0.306. The summed E-state index contributed by atoms with van der Waals surface area (Å²) in [6.07, 6.45) is 1.33. The van der Waals surface area contributed by atoms with Crippen LogP contribution in [0.4, 0.5) is 17.3 Å². The van der Waals surface area contributed by atoms with Crippen LogP contribution in [-0.2, 0) is 0 Å². The Balaban J connectivity index is 1.70. The van der Waals surface area contributed by atoms with Gasteiger partial charge in [0.25, 0.3) is 5.91 Å². The lowest BCUT2D eigenvalue weighted by atomic mass is 10.0. The predicted molar refractivity (Wildman–Crippen MR) is 95.0 cm³/mol. The van der Waals surface area contributed by atoms with Crippen LogP contribution < -0.4 is 10.6 Å². The molecular formula is C18H19N5O2. The van der Waals surface area contributed by atoms with E-state index < -0.39 is 0 Å². The standard InChI is InChI=1S/C18H19N5O2/c1-11(2)13-4-6-14(7-5-13)21-18(24)15-9-16(20-10-19-15)22-17-8-12(3)25-23-17/h4-11H,1-3H3,(H,21,24)(H,19,20,22,23). The Morgan fingerprint density at radius 1 is 1.08 bits per heavy atom. The Bertz CT molecular complexity index is 871. The average Bonchev–Trinajstić information content (AvgIpc) is 3.00. The minimum Gasteiger partial charge on any atom is -0.360 e. The van der Waals surface area contributed by atoms with Gasteiger partial charge >= 0.3 is 0 Å². The fourth-order valence-corrected chi connectivity index (χ4v) is 2.25. The molecule has 7 heteroatoms. The van der Waals surface area contributed by atoms with Crippen molar-refractivity contribution < 1.29 is 9.32 Å². The lowest BCUT2D eigenvalue weighted by Crippen LogP contribution is -2.14. The molecule has 0 aliphatic carbocycles. The van der Waals surface area contributed by atoms with E-state index in [1.165, 1.54) is 11.9 Å². The molecule has 0 aliphatic heterocycles. The molecule has 0 aliphatic rings. The van der Waals surface area contributed by atoms with Crippen molar-refractivity contribution in [3.05, 3.63) is 59.7 Å². The molecule has 25 heavy (non-hydrogen) atoms. The van der Waals surface area contributed by atoms with Gasteiger partial charge in [-0.3, -0.25) is 4.79 Å². The highest BCUT2D eigenvalue weighted by molar-refractivity contribution is 6.03. The second-order valence-electron chi connectivity index (χ2n) is 5.97. The van der Waals surface area contributed by atoms with E-state index in [2.05, 4.69) is 39.6 Å². The first kappa shape index (κ1) is 16.6. The van der Waals surface area contributed by atoms with Crippen molar-refractivity contribution in [1.29, 1.82) is 0 Å². The summed E-state index contributed by atoms with van der Waals surface area (Å²) in [4.78, 5) is 20.5. The smallest absolute Gasteiger partial charge is 0.274 e. The molecule has 0 saturated carbocycles. The molecule has 0 saturated heterocycles. The molecule has 0 unspecified atom stereocenters. The van der Waals surface area contributed by atoms with Gasteiger partial charge in [0, 0.05) is 17.8 Å². The number of nitrogens with one attached hydrogen (secondary N) is 2. The maximum absolute atomic E-state index is 12.4. The van der Waals surface area contributed by atoms with Crippen LogP contribution in [0, 0.1) is 6.92 Å². The number of amides is 1. The summed E-state index contributed by atoms with van der Waals surface area (Å²) >= 11 is 0. The minimum absolute atomic E-state index is 0.255. The maximum Gasteiger partial charge on any atom is 0.274 e. The molecular weight excluding hydrogens is 318 g/mol. The van der Waals surface area contributed by atoms with Gasteiger partial charge < -0.3 is 15.2 Å². The lowest BCUT2D eigenvalue weighted by molar-refractivity contribution is 0.102. The first-order valence-corrected chi connectivity index (χ1v) is 7.95. The van der Waals surface area contributed by atoms with E-state index in [-0.39, 0.29) is 11.6 Å². The van der Waals surface area contributed by atoms with Gasteiger partial charge in [0.05, 0.1) is 0 Å². The summed E-state index contributed by atoms with van der Waals surface area (Å²) in [5.41, 5.74) is 2.19. The molecule has 2 N–H and O–H groups in total. The summed E-state index contributed by atoms with van der Waals surface area (Å²) in [7, 11) is 0. The molecule has 128 valence electrons. The zero-order valence-electron chi connectivity index (χ0n) is 14.3. The van der Waals surface area contributed by atoms with Crippen LogP contribution >= 0.6 is 0 Å². The largest absolute Gasteiger partial charge is 0.360 e. The number of hydrogen-bond donors (Lipinski definition) is 2. The number of anilines is 3. The molecule has 2 heterocycles. The molecule has 1 amide bonds. The number of aryl methyl sites for hydroxylation is 1. The van der Waals surface area contributed by atoms with Gasteiger partial charge in [0.15, 0.2) is 5.82 Å². The zero-order valence-corrected chi connectivity index (χ0v) is 14.3. The van der Waals surface area contributed by atoms with Crippen LogP contribution in [0.15, 0.2) is 47.2 Å². The molecule has 0 atom stereocenters. The number of benzene rings is 1. The third-order valence-electron chi connectivity index (χ3n) is 3.62. The number of carbonyl (C=O) groups is 1. The number of nitrogens with zero attached hydrogens (tertiary/aromatic N) is 3. The van der Waals surface area contributed by atoms with Crippen LogP contribution in [0.1, 0.15) is 41.6 Å². The third-order valence-corrected chi connectivity index (χ3v) is 3.62. The molecule has 0 fully saturated rings. The van der Waals surface area contributed by atoms with Crippen molar-refractivity contribution in [3.8, 4) is 0 Å². The van der Waals surface area contributed by atoms with Crippen molar-refractivity contribution in [2.45, 2.75) is 26.7 Å². The van der Waals surface area contributed by atoms with Gasteiger partial charge in [0.1, 0.15) is 23.6 Å². The van der Waals surface area contributed by atoms with Crippen molar-refractivity contribution in [2.24, 2.45) is 0 Å². The first-order chi connectivity index (χ1) is 12.0. The average molecular weight is 337 g/mol. The summed E-state index contributed by atoms with van der Waals surface area (Å²) < 4.78 is 4.98. The van der Waals surface area contributed by atoms with E-state index in [4.69, 9.17) is 4.52 Å². The molecule has 0 spiro atoms. The van der Waals surface area contributed by atoms with Gasteiger partial charge in [0.2, 0.25) is 0 Å². The molecule has 0 radical (unpaired) electrons. The van der Waals surface area contributed by atoms with Gasteiger partial charge in [-0.1, -0.05) is 31.1 Å². The normalized spacial score (nSPS) is 10.7. The van der Waals surface area contributed by atoms with Gasteiger partial charge in [-0.2, -0.15) is 0 Å². The Morgan fingerprint density at radius 2 is 1.84 bits per heavy atom. The molecule has 3 aromatic rings. The fraction of sp³-hybridized carbons (Fsp3) is 0.222. The molecule has 1 aromatic carbocycles. The highest BCUT2D eigenvalue weighted by Gasteiger charge is 2.10. The predicted octanol–water partition coefficient (Wildman–Crippen LogP) is 3.89. The number of aromatic nitrogens is 3. The fourth-order valence-electron chi connectivity index (χ4n) is 2.25. The Labute approximate surface area is 145 Å². The van der Waals surface area contributed by atoms with Crippen molar-refractivity contribution in [3.63, 3.8) is 0 Å². The number of carbonyl (C=O) groups excluding carboxylic acids is 1. The Hall–Kier alpha value is -3.22. The molecule has 7 nitrogen and oxygen atoms in total. The van der Waals surface area contributed by atoms with Crippen molar-refractivity contribution in [1.82, 2.24) is 15.1 Å². The third kappa shape index (κ3) is 4.20. The van der Waals surface area contributed by atoms with Crippen molar-refractivity contribution in [2.75, 3.05) is 10.6 Å². The van der Waals surface area contributed by atoms with Gasteiger partial charge in [-0.15, -0.1) is 0 Å². The second-order valence-corrected chi connectivity index (χ2v) is 5.97. The van der Waals surface area contributed by atoms with Crippen molar-refractivity contribution >= 4 is 23.2 Å². The van der Waals surface area contributed by atoms with Crippen LogP contribution in [-0.4, -0.2) is 21.0 Å². The lowest BCUT2D eigenvalue weighted by Gasteiger charge is -2.08.